The summed E-state index contributed by atoms with van der Waals surface area (Å²) >= 11 is 0. The molecule has 0 rings (SSSR count). The highest BCUT2D eigenvalue weighted by Gasteiger charge is 2.31. The van der Waals surface area contributed by atoms with Crippen molar-refractivity contribution in [3.63, 3.8) is 0 Å². The van der Waals surface area contributed by atoms with Crippen molar-refractivity contribution in [3.05, 3.63) is 0 Å². The monoisotopic (exact) mass is 236 g/mol. The molecule has 0 aliphatic carbocycles. The molecule has 0 aromatic carbocycles. The van der Waals surface area contributed by atoms with Crippen LogP contribution in [0.25, 0.3) is 0 Å². The van der Waals surface area contributed by atoms with Gasteiger partial charge >= 0.3 is 5.97 Å². The van der Waals surface area contributed by atoms with E-state index < -0.39 is 21.1 Å². The Bertz CT molecular complexity index is 282. The SMILES string of the molecule is CCCCC(C(=O)OC)S(=O)(=O)CCC. The van der Waals surface area contributed by atoms with Crippen molar-refractivity contribution >= 4 is 15.8 Å². The van der Waals surface area contributed by atoms with Gasteiger partial charge in [-0.3, -0.25) is 4.79 Å². The number of unbranched alkanes of at least 4 members (excludes halogenated alkanes) is 1. The lowest BCUT2D eigenvalue weighted by Crippen LogP contribution is -2.33. The van der Waals surface area contributed by atoms with E-state index in [4.69, 9.17) is 0 Å². The van der Waals surface area contributed by atoms with Crippen LogP contribution < -0.4 is 0 Å². The fourth-order valence-corrected chi connectivity index (χ4v) is 3.16. The third kappa shape index (κ3) is 4.64. The van der Waals surface area contributed by atoms with Gasteiger partial charge in [-0.25, -0.2) is 8.42 Å². The van der Waals surface area contributed by atoms with Gasteiger partial charge in [-0.2, -0.15) is 0 Å². The number of hydrogen-bond donors (Lipinski definition) is 0. The molecule has 15 heavy (non-hydrogen) atoms. The summed E-state index contributed by atoms with van der Waals surface area (Å²) in [6.45, 7) is 3.74. The molecule has 1 unspecified atom stereocenters. The maximum absolute atomic E-state index is 11.7. The molecular weight excluding hydrogens is 216 g/mol. The van der Waals surface area contributed by atoms with Crippen molar-refractivity contribution in [3.8, 4) is 0 Å². The minimum Gasteiger partial charge on any atom is -0.468 e. The summed E-state index contributed by atoms with van der Waals surface area (Å²) in [5, 5.41) is -0.970. The van der Waals surface area contributed by atoms with E-state index in [-0.39, 0.29) is 5.75 Å². The fourth-order valence-electron chi connectivity index (χ4n) is 1.39. The van der Waals surface area contributed by atoms with Gasteiger partial charge in [0.05, 0.1) is 12.9 Å². The van der Waals surface area contributed by atoms with Gasteiger partial charge in [-0.1, -0.05) is 26.7 Å². The number of carbonyl (C=O) groups is 1. The van der Waals surface area contributed by atoms with E-state index >= 15 is 0 Å². The zero-order chi connectivity index (χ0) is 11.9. The number of hydrogen-bond acceptors (Lipinski definition) is 4. The van der Waals surface area contributed by atoms with Crippen LogP contribution in [0.2, 0.25) is 0 Å². The Labute approximate surface area is 91.9 Å². The summed E-state index contributed by atoms with van der Waals surface area (Å²) in [7, 11) is -2.11. The topological polar surface area (TPSA) is 60.4 Å². The van der Waals surface area contributed by atoms with Crippen LogP contribution in [0.5, 0.6) is 0 Å². The summed E-state index contributed by atoms with van der Waals surface area (Å²) < 4.78 is 28.0. The van der Waals surface area contributed by atoms with Gasteiger partial charge in [0.1, 0.15) is 0 Å². The maximum atomic E-state index is 11.7. The first-order valence-corrected chi connectivity index (χ1v) is 7.00. The van der Waals surface area contributed by atoms with Crippen LogP contribution in [0.3, 0.4) is 0 Å². The maximum Gasteiger partial charge on any atom is 0.324 e. The highest BCUT2D eigenvalue weighted by Crippen LogP contribution is 2.14. The van der Waals surface area contributed by atoms with Gasteiger partial charge < -0.3 is 4.74 Å². The van der Waals surface area contributed by atoms with Gasteiger partial charge in [-0.15, -0.1) is 0 Å². The second kappa shape index (κ2) is 6.82. The zero-order valence-electron chi connectivity index (χ0n) is 9.65. The molecule has 0 aromatic heterocycles. The first kappa shape index (κ1) is 14.4. The Morgan fingerprint density at radius 1 is 1.27 bits per heavy atom. The molecule has 0 saturated heterocycles. The van der Waals surface area contributed by atoms with Crippen LogP contribution in [-0.4, -0.2) is 32.5 Å². The summed E-state index contributed by atoms with van der Waals surface area (Å²) in [4.78, 5) is 11.3. The molecule has 0 aliphatic rings. The zero-order valence-corrected chi connectivity index (χ0v) is 10.5. The average molecular weight is 236 g/mol. The molecule has 1 atom stereocenters. The van der Waals surface area contributed by atoms with Crippen LogP contribution in [-0.2, 0) is 19.4 Å². The van der Waals surface area contributed by atoms with Crippen molar-refractivity contribution in [2.24, 2.45) is 0 Å². The van der Waals surface area contributed by atoms with Crippen LogP contribution in [0.15, 0.2) is 0 Å². The van der Waals surface area contributed by atoms with E-state index in [0.29, 0.717) is 12.8 Å². The Morgan fingerprint density at radius 3 is 2.27 bits per heavy atom. The number of methoxy groups -OCH3 is 1. The second-order valence-corrected chi connectivity index (χ2v) is 5.82. The molecule has 0 radical (unpaired) electrons. The minimum absolute atomic E-state index is 0.0521. The molecule has 90 valence electrons. The van der Waals surface area contributed by atoms with E-state index in [9.17, 15) is 13.2 Å². The highest BCUT2D eigenvalue weighted by molar-refractivity contribution is 7.92. The van der Waals surface area contributed by atoms with Crippen LogP contribution in [0.1, 0.15) is 39.5 Å². The van der Waals surface area contributed by atoms with Crippen LogP contribution in [0, 0.1) is 0 Å². The highest BCUT2D eigenvalue weighted by atomic mass is 32.2. The lowest BCUT2D eigenvalue weighted by molar-refractivity contribution is -0.140. The number of carbonyl (C=O) groups excluding carboxylic acids is 1. The fraction of sp³-hybridized carbons (Fsp3) is 0.900. The summed E-state index contributed by atoms with van der Waals surface area (Å²) in [5.74, 6) is -0.576. The Morgan fingerprint density at radius 2 is 1.87 bits per heavy atom. The van der Waals surface area contributed by atoms with Crippen molar-refractivity contribution < 1.29 is 17.9 Å². The van der Waals surface area contributed by atoms with Gasteiger partial charge in [0, 0.05) is 0 Å². The van der Waals surface area contributed by atoms with Crippen molar-refractivity contribution in [2.75, 3.05) is 12.9 Å². The van der Waals surface area contributed by atoms with E-state index in [1.807, 2.05) is 6.92 Å². The molecule has 0 bridgehead atoms. The van der Waals surface area contributed by atoms with Crippen molar-refractivity contribution in [2.45, 2.75) is 44.8 Å². The number of sulfone groups is 1. The third-order valence-electron chi connectivity index (χ3n) is 2.21. The predicted octanol–water partition coefficient (Wildman–Crippen LogP) is 1.54. The van der Waals surface area contributed by atoms with E-state index in [1.165, 1.54) is 7.11 Å². The molecule has 0 fully saturated rings. The molecular formula is C10H20O4S. The molecule has 0 amide bonds. The third-order valence-corrected chi connectivity index (χ3v) is 4.48. The number of ether oxygens (including phenoxy) is 1. The van der Waals surface area contributed by atoms with E-state index in [0.717, 1.165) is 12.8 Å². The summed E-state index contributed by atoms with van der Waals surface area (Å²) in [5.41, 5.74) is 0. The van der Waals surface area contributed by atoms with Gasteiger partial charge in [0.25, 0.3) is 0 Å². The van der Waals surface area contributed by atoms with Crippen molar-refractivity contribution in [1.29, 1.82) is 0 Å². The Hall–Kier alpha value is -0.580. The summed E-state index contributed by atoms with van der Waals surface area (Å²) in [6.07, 6.45) is 2.49. The van der Waals surface area contributed by atoms with E-state index in [2.05, 4.69) is 4.74 Å². The molecule has 4 nitrogen and oxygen atoms in total. The first-order valence-electron chi connectivity index (χ1n) is 5.29. The molecule has 0 heterocycles. The number of rotatable bonds is 7. The largest absolute Gasteiger partial charge is 0.468 e. The van der Waals surface area contributed by atoms with Gasteiger partial charge in [0.15, 0.2) is 15.1 Å². The standard InChI is InChI=1S/C10H20O4S/c1-4-6-7-9(10(11)14-3)15(12,13)8-5-2/h9H,4-8H2,1-3H3. The smallest absolute Gasteiger partial charge is 0.324 e. The molecule has 0 spiro atoms. The average Bonchev–Trinajstić information content (AvgIpc) is 2.17. The van der Waals surface area contributed by atoms with Crippen molar-refractivity contribution in [1.82, 2.24) is 0 Å². The molecule has 0 N–H and O–H groups in total. The van der Waals surface area contributed by atoms with E-state index in [1.54, 1.807) is 6.92 Å². The first-order chi connectivity index (χ1) is 6.99. The minimum atomic E-state index is -3.33. The Kier molecular flexibility index (Phi) is 6.56. The quantitative estimate of drug-likeness (QED) is 0.629. The second-order valence-electron chi connectivity index (χ2n) is 3.52. The normalized spacial score (nSPS) is 13.5. The Balaban J connectivity index is 4.69. The number of esters is 1. The van der Waals surface area contributed by atoms with Gasteiger partial charge in [0.2, 0.25) is 0 Å². The molecule has 0 aliphatic heterocycles. The molecule has 0 saturated carbocycles. The lowest BCUT2D eigenvalue weighted by Gasteiger charge is -2.14. The van der Waals surface area contributed by atoms with Gasteiger partial charge in [-0.05, 0) is 12.8 Å². The predicted molar refractivity (Wildman–Crippen MR) is 59.4 cm³/mol. The molecule has 0 aromatic rings. The molecule has 5 heteroatoms. The summed E-state index contributed by atoms with van der Waals surface area (Å²) in [6, 6.07) is 0. The lowest BCUT2D eigenvalue weighted by atomic mass is 10.2. The van der Waals surface area contributed by atoms with Crippen LogP contribution in [0.4, 0.5) is 0 Å². The van der Waals surface area contributed by atoms with Crippen LogP contribution >= 0.6 is 0 Å².